The van der Waals surface area contributed by atoms with Gasteiger partial charge in [-0.05, 0) is 43.5 Å². The van der Waals surface area contributed by atoms with E-state index in [1.165, 1.54) is 11.6 Å². The van der Waals surface area contributed by atoms with Crippen molar-refractivity contribution in [2.45, 2.75) is 20.8 Å². The second-order valence-electron chi connectivity index (χ2n) is 3.11. The highest BCUT2D eigenvalue weighted by Crippen LogP contribution is 2.17. The molecular formula is C11H13F. The number of hydrogen-bond donors (Lipinski definition) is 0. The highest BCUT2D eigenvalue weighted by Gasteiger charge is 1.99. The molecule has 0 bridgehead atoms. The van der Waals surface area contributed by atoms with Crippen LogP contribution in [0.5, 0.6) is 0 Å². The highest BCUT2D eigenvalue weighted by molar-refractivity contribution is 5.57. The fraction of sp³-hybridized carbons (Fsp3) is 0.273. The van der Waals surface area contributed by atoms with Crippen LogP contribution < -0.4 is 0 Å². The minimum atomic E-state index is 0.588. The van der Waals surface area contributed by atoms with E-state index in [-0.39, 0.29) is 0 Å². The molecule has 1 aromatic carbocycles. The summed E-state index contributed by atoms with van der Waals surface area (Å²) in [5.74, 6) is 0. The molecule has 0 aliphatic carbocycles. The summed E-state index contributed by atoms with van der Waals surface area (Å²) in [7, 11) is 0. The molecular weight excluding hydrogens is 151 g/mol. The maximum Gasteiger partial charge on any atom is 0.0873 e. The lowest BCUT2D eigenvalue weighted by molar-refractivity contribution is 0.727. The minimum absolute atomic E-state index is 0.588. The third-order valence-corrected chi connectivity index (χ3v) is 1.97. The van der Waals surface area contributed by atoms with E-state index in [9.17, 15) is 4.39 Å². The number of hydrogen-bond acceptors (Lipinski definition) is 0. The molecule has 0 spiro atoms. The first kappa shape index (κ1) is 8.98. The number of benzene rings is 1. The third kappa shape index (κ3) is 1.73. The Bertz CT molecular complexity index is 288. The number of halogens is 1. The van der Waals surface area contributed by atoms with Crippen LogP contribution in [0.4, 0.5) is 4.39 Å². The first-order valence-electron chi connectivity index (χ1n) is 3.99. The maximum absolute atomic E-state index is 12.0. The summed E-state index contributed by atoms with van der Waals surface area (Å²) >= 11 is 0. The average Bonchev–Trinajstić information content (AvgIpc) is 1.96. The Labute approximate surface area is 72.7 Å². The van der Waals surface area contributed by atoms with E-state index in [1.807, 2.05) is 20.8 Å². The van der Waals surface area contributed by atoms with Crippen molar-refractivity contribution >= 4 is 6.08 Å². The van der Waals surface area contributed by atoms with Crippen molar-refractivity contribution in [3.63, 3.8) is 0 Å². The predicted octanol–water partition coefficient (Wildman–Crippen LogP) is 3.55. The Hall–Kier alpha value is -1.11. The molecule has 0 fully saturated rings. The summed E-state index contributed by atoms with van der Waals surface area (Å²) in [4.78, 5) is 0. The van der Waals surface area contributed by atoms with Gasteiger partial charge in [-0.25, -0.2) is 4.39 Å². The molecule has 12 heavy (non-hydrogen) atoms. The number of aryl methyl sites for hydroxylation is 3. The van der Waals surface area contributed by atoms with E-state index in [4.69, 9.17) is 0 Å². The Morgan fingerprint density at radius 1 is 1.08 bits per heavy atom. The fourth-order valence-corrected chi connectivity index (χ4v) is 1.52. The van der Waals surface area contributed by atoms with E-state index in [0.29, 0.717) is 6.33 Å². The van der Waals surface area contributed by atoms with Gasteiger partial charge in [-0.2, -0.15) is 0 Å². The van der Waals surface area contributed by atoms with Crippen LogP contribution in [-0.4, -0.2) is 0 Å². The Morgan fingerprint density at radius 2 is 1.58 bits per heavy atom. The average molecular weight is 164 g/mol. The maximum atomic E-state index is 12.0. The van der Waals surface area contributed by atoms with Gasteiger partial charge in [0.2, 0.25) is 0 Å². The standard InChI is InChI=1S/C11H13F/c1-8-6-9(2)11(4-5-12)10(3)7-8/h4-7H,1-3H3/b5-4+. The third-order valence-electron chi connectivity index (χ3n) is 1.97. The highest BCUT2D eigenvalue weighted by atomic mass is 19.1. The lowest BCUT2D eigenvalue weighted by atomic mass is 10.0. The zero-order valence-electron chi connectivity index (χ0n) is 7.69. The largest absolute Gasteiger partial charge is 0.216 e. The number of rotatable bonds is 1. The Morgan fingerprint density at radius 3 is 2.00 bits per heavy atom. The van der Waals surface area contributed by atoms with Crippen molar-refractivity contribution in [1.29, 1.82) is 0 Å². The van der Waals surface area contributed by atoms with Gasteiger partial charge in [-0.3, -0.25) is 0 Å². The molecule has 0 nitrogen and oxygen atoms in total. The molecule has 1 rings (SSSR count). The molecule has 64 valence electrons. The van der Waals surface area contributed by atoms with Crippen LogP contribution in [0.25, 0.3) is 6.08 Å². The van der Waals surface area contributed by atoms with Crippen LogP contribution >= 0.6 is 0 Å². The molecule has 0 aliphatic heterocycles. The molecule has 0 aromatic heterocycles. The predicted molar refractivity (Wildman–Crippen MR) is 50.8 cm³/mol. The summed E-state index contributed by atoms with van der Waals surface area (Å²) < 4.78 is 12.0. The van der Waals surface area contributed by atoms with E-state index < -0.39 is 0 Å². The van der Waals surface area contributed by atoms with Gasteiger partial charge in [0.05, 0.1) is 6.33 Å². The molecule has 0 saturated heterocycles. The van der Waals surface area contributed by atoms with Crippen molar-refractivity contribution in [2.75, 3.05) is 0 Å². The molecule has 0 unspecified atom stereocenters. The van der Waals surface area contributed by atoms with Gasteiger partial charge >= 0.3 is 0 Å². The van der Waals surface area contributed by atoms with Gasteiger partial charge in [0.15, 0.2) is 0 Å². The van der Waals surface area contributed by atoms with Crippen LogP contribution in [0.15, 0.2) is 18.5 Å². The Balaban J connectivity index is 3.28. The second-order valence-corrected chi connectivity index (χ2v) is 3.11. The molecule has 0 atom stereocenters. The van der Waals surface area contributed by atoms with Crippen molar-refractivity contribution in [3.05, 3.63) is 40.7 Å². The summed E-state index contributed by atoms with van der Waals surface area (Å²) in [6, 6.07) is 4.12. The zero-order valence-corrected chi connectivity index (χ0v) is 7.69. The quantitative estimate of drug-likeness (QED) is 0.595. The van der Waals surface area contributed by atoms with E-state index in [1.54, 1.807) is 0 Å². The van der Waals surface area contributed by atoms with Gasteiger partial charge in [0.25, 0.3) is 0 Å². The molecule has 0 amide bonds. The van der Waals surface area contributed by atoms with Crippen LogP contribution in [0, 0.1) is 20.8 Å². The minimum Gasteiger partial charge on any atom is -0.216 e. The first-order valence-corrected chi connectivity index (χ1v) is 3.99. The second kappa shape index (κ2) is 3.53. The smallest absolute Gasteiger partial charge is 0.0873 e. The lowest BCUT2D eigenvalue weighted by Gasteiger charge is -2.05. The molecule has 0 radical (unpaired) electrons. The molecule has 0 saturated carbocycles. The summed E-state index contributed by atoms with van der Waals surface area (Å²) in [5.41, 5.74) is 4.46. The fourth-order valence-electron chi connectivity index (χ4n) is 1.52. The normalized spacial score (nSPS) is 11.0. The topological polar surface area (TPSA) is 0 Å². The van der Waals surface area contributed by atoms with Gasteiger partial charge in [0, 0.05) is 0 Å². The molecule has 1 heteroatoms. The van der Waals surface area contributed by atoms with Crippen LogP contribution in [0.3, 0.4) is 0 Å². The van der Waals surface area contributed by atoms with Crippen molar-refractivity contribution in [3.8, 4) is 0 Å². The van der Waals surface area contributed by atoms with E-state index in [0.717, 1.165) is 16.7 Å². The molecule has 0 aliphatic rings. The van der Waals surface area contributed by atoms with Crippen LogP contribution in [0.1, 0.15) is 22.3 Å². The van der Waals surface area contributed by atoms with Crippen molar-refractivity contribution in [1.82, 2.24) is 0 Å². The molecule has 0 N–H and O–H groups in total. The summed E-state index contributed by atoms with van der Waals surface area (Å²) in [6.45, 7) is 6.04. The summed E-state index contributed by atoms with van der Waals surface area (Å²) in [6.07, 6.45) is 2.09. The van der Waals surface area contributed by atoms with Crippen LogP contribution in [0.2, 0.25) is 0 Å². The van der Waals surface area contributed by atoms with Gasteiger partial charge in [-0.15, -0.1) is 0 Å². The van der Waals surface area contributed by atoms with E-state index in [2.05, 4.69) is 12.1 Å². The van der Waals surface area contributed by atoms with Gasteiger partial charge in [-0.1, -0.05) is 17.7 Å². The van der Waals surface area contributed by atoms with Gasteiger partial charge < -0.3 is 0 Å². The Kier molecular flexibility index (Phi) is 2.64. The molecule has 0 heterocycles. The SMILES string of the molecule is Cc1cc(C)c(/C=C/F)c(C)c1. The van der Waals surface area contributed by atoms with Crippen molar-refractivity contribution in [2.24, 2.45) is 0 Å². The van der Waals surface area contributed by atoms with Gasteiger partial charge in [0.1, 0.15) is 0 Å². The summed E-state index contributed by atoms with van der Waals surface area (Å²) in [5, 5.41) is 0. The zero-order chi connectivity index (χ0) is 9.14. The first-order chi connectivity index (χ1) is 5.65. The lowest BCUT2D eigenvalue weighted by Crippen LogP contribution is -1.87. The molecule has 1 aromatic rings. The van der Waals surface area contributed by atoms with Crippen molar-refractivity contribution < 1.29 is 4.39 Å². The monoisotopic (exact) mass is 164 g/mol. The van der Waals surface area contributed by atoms with E-state index >= 15 is 0 Å². The van der Waals surface area contributed by atoms with Crippen LogP contribution in [-0.2, 0) is 0 Å².